The fraction of sp³-hybridized carbons (Fsp3) is 0.250. The fourth-order valence-corrected chi connectivity index (χ4v) is 1.77. The minimum Gasteiger partial charge on any atom is -0.494 e. The molecule has 0 amide bonds. The SMILES string of the molecule is COc1cc(F)c(-c2nn(C)c(N)c2C)cc1F. The molecule has 0 fully saturated rings. The van der Waals surface area contributed by atoms with Crippen molar-refractivity contribution < 1.29 is 13.5 Å². The molecule has 18 heavy (non-hydrogen) atoms. The van der Waals surface area contributed by atoms with E-state index in [0.29, 0.717) is 17.1 Å². The van der Waals surface area contributed by atoms with E-state index in [1.165, 1.54) is 11.8 Å². The van der Waals surface area contributed by atoms with E-state index in [1.54, 1.807) is 14.0 Å². The first-order valence-corrected chi connectivity index (χ1v) is 5.28. The standard InChI is InChI=1S/C12H13F2N3O/c1-6-11(16-17(2)12(6)15)7-4-9(14)10(18-3)5-8(7)13/h4-5H,15H2,1-3H3. The van der Waals surface area contributed by atoms with Crippen molar-refractivity contribution in [3.05, 3.63) is 29.3 Å². The Balaban J connectivity index is 2.64. The third-order valence-corrected chi connectivity index (χ3v) is 2.83. The largest absolute Gasteiger partial charge is 0.494 e. The van der Waals surface area contributed by atoms with Gasteiger partial charge in [-0.3, -0.25) is 4.68 Å². The number of anilines is 1. The maximum absolute atomic E-state index is 13.9. The number of ether oxygens (including phenoxy) is 1. The predicted molar refractivity (Wildman–Crippen MR) is 64.3 cm³/mol. The maximum Gasteiger partial charge on any atom is 0.165 e. The summed E-state index contributed by atoms with van der Waals surface area (Å²) < 4.78 is 33.6. The van der Waals surface area contributed by atoms with Crippen molar-refractivity contribution in [3.63, 3.8) is 0 Å². The van der Waals surface area contributed by atoms with Crippen LogP contribution in [0.4, 0.5) is 14.6 Å². The zero-order valence-corrected chi connectivity index (χ0v) is 10.3. The average molecular weight is 253 g/mol. The summed E-state index contributed by atoms with van der Waals surface area (Å²) in [6.07, 6.45) is 0. The molecule has 6 heteroatoms. The number of benzene rings is 1. The van der Waals surface area contributed by atoms with Crippen molar-refractivity contribution in [1.29, 1.82) is 0 Å². The highest BCUT2D eigenvalue weighted by Crippen LogP contribution is 2.31. The number of nitrogens with zero attached hydrogens (tertiary/aromatic N) is 2. The third-order valence-electron chi connectivity index (χ3n) is 2.83. The lowest BCUT2D eigenvalue weighted by Crippen LogP contribution is -1.97. The molecule has 96 valence electrons. The zero-order chi connectivity index (χ0) is 13.4. The molecule has 0 aliphatic rings. The minimum absolute atomic E-state index is 0.0677. The topological polar surface area (TPSA) is 53.1 Å². The van der Waals surface area contributed by atoms with Crippen molar-refractivity contribution in [1.82, 2.24) is 9.78 Å². The summed E-state index contributed by atoms with van der Waals surface area (Å²) in [6.45, 7) is 1.71. The lowest BCUT2D eigenvalue weighted by Gasteiger charge is -2.06. The van der Waals surface area contributed by atoms with Gasteiger partial charge in [0.15, 0.2) is 11.6 Å². The number of methoxy groups -OCH3 is 1. The van der Waals surface area contributed by atoms with E-state index in [0.717, 1.165) is 12.1 Å². The Morgan fingerprint density at radius 1 is 1.28 bits per heavy atom. The van der Waals surface area contributed by atoms with Crippen molar-refractivity contribution in [2.75, 3.05) is 12.8 Å². The number of aromatic nitrogens is 2. The van der Waals surface area contributed by atoms with E-state index in [2.05, 4.69) is 5.10 Å². The van der Waals surface area contributed by atoms with Crippen LogP contribution in [0.1, 0.15) is 5.56 Å². The molecule has 0 aliphatic heterocycles. The summed E-state index contributed by atoms with van der Waals surface area (Å²) in [6, 6.07) is 2.05. The molecule has 0 radical (unpaired) electrons. The van der Waals surface area contributed by atoms with E-state index in [-0.39, 0.29) is 11.3 Å². The molecule has 2 aromatic rings. The Kier molecular flexibility index (Phi) is 2.94. The van der Waals surface area contributed by atoms with Crippen molar-refractivity contribution in [3.8, 4) is 17.0 Å². The molecule has 2 N–H and O–H groups in total. The van der Waals surface area contributed by atoms with Gasteiger partial charge in [-0.15, -0.1) is 0 Å². The van der Waals surface area contributed by atoms with Crippen LogP contribution in [0, 0.1) is 18.6 Å². The van der Waals surface area contributed by atoms with Crippen LogP contribution in [0.2, 0.25) is 0 Å². The molecular formula is C12H13F2N3O. The molecular weight excluding hydrogens is 240 g/mol. The van der Waals surface area contributed by atoms with Gasteiger partial charge in [0, 0.05) is 24.2 Å². The second-order valence-electron chi connectivity index (χ2n) is 3.95. The number of nitrogens with two attached hydrogens (primary N) is 1. The molecule has 0 aliphatic carbocycles. The normalized spacial score (nSPS) is 10.7. The summed E-state index contributed by atoms with van der Waals surface area (Å²) in [7, 11) is 2.92. The van der Waals surface area contributed by atoms with Crippen LogP contribution in [0.25, 0.3) is 11.3 Å². The highest BCUT2D eigenvalue weighted by Gasteiger charge is 2.18. The number of hydrogen-bond donors (Lipinski definition) is 1. The van der Waals surface area contributed by atoms with Crippen LogP contribution in [0.15, 0.2) is 12.1 Å². The molecule has 4 nitrogen and oxygen atoms in total. The number of aryl methyl sites for hydroxylation is 1. The molecule has 0 saturated heterocycles. The second kappa shape index (κ2) is 4.29. The van der Waals surface area contributed by atoms with Crippen LogP contribution in [0.5, 0.6) is 5.75 Å². The monoisotopic (exact) mass is 253 g/mol. The van der Waals surface area contributed by atoms with Gasteiger partial charge in [-0.25, -0.2) is 8.78 Å². The molecule has 1 aromatic heterocycles. The van der Waals surface area contributed by atoms with Gasteiger partial charge in [0.2, 0.25) is 0 Å². The number of halogens is 2. The smallest absolute Gasteiger partial charge is 0.165 e. The quantitative estimate of drug-likeness (QED) is 0.893. The van der Waals surface area contributed by atoms with Crippen LogP contribution in [-0.4, -0.2) is 16.9 Å². The molecule has 0 bridgehead atoms. The highest BCUT2D eigenvalue weighted by molar-refractivity contribution is 5.69. The van der Waals surface area contributed by atoms with Gasteiger partial charge in [0.25, 0.3) is 0 Å². The van der Waals surface area contributed by atoms with E-state index in [1.807, 2.05) is 0 Å². The van der Waals surface area contributed by atoms with Crippen molar-refractivity contribution >= 4 is 5.82 Å². The first-order chi connectivity index (χ1) is 8.45. The summed E-state index contributed by atoms with van der Waals surface area (Å²) in [4.78, 5) is 0. The number of rotatable bonds is 2. The van der Waals surface area contributed by atoms with Crippen molar-refractivity contribution in [2.45, 2.75) is 6.92 Å². The Labute approximate surface area is 103 Å². The lowest BCUT2D eigenvalue weighted by atomic mass is 10.1. The van der Waals surface area contributed by atoms with Gasteiger partial charge >= 0.3 is 0 Å². The summed E-state index contributed by atoms with van der Waals surface area (Å²) in [5.74, 6) is -0.967. The minimum atomic E-state index is -0.641. The van der Waals surface area contributed by atoms with Crippen LogP contribution in [0.3, 0.4) is 0 Å². The first kappa shape index (κ1) is 12.3. The van der Waals surface area contributed by atoms with Crippen LogP contribution < -0.4 is 10.5 Å². The highest BCUT2D eigenvalue weighted by atomic mass is 19.1. The second-order valence-corrected chi connectivity index (χ2v) is 3.95. The van der Waals surface area contributed by atoms with Gasteiger partial charge < -0.3 is 10.5 Å². The van der Waals surface area contributed by atoms with E-state index in [9.17, 15) is 8.78 Å². The summed E-state index contributed by atoms with van der Waals surface area (Å²) >= 11 is 0. The lowest BCUT2D eigenvalue weighted by molar-refractivity contribution is 0.383. The van der Waals surface area contributed by atoms with Gasteiger partial charge in [-0.2, -0.15) is 5.10 Å². The zero-order valence-electron chi connectivity index (χ0n) is 10.3. The van der Waals surface area contributed by atoms with Gasteiger partial charge in [-0.1, -0.05) is 0 Å². The van der Waals surface area contributed by atoms with Crippen LogP contribution >= 0.6 is 0 Å². The average Bonchev–Trinajstić information content (AvgIpc) is 2.59. The van der Waals surface area contributed by atoms with E-state index >= 15 is 0 Å². The Morgan fingerprint density at radius 2 is 1.94 bits per heavy atom. The van der Waals surface area contributed by atoms with Gasteiger partial charge in [0.1, 0.15) is 17.3 Å². The molecule has 0 saturated carbocycles. The molecule has 0 atom stereocenters. The number of nitrogen functional groups attached to an aromatic ring is 1. The van der Waals surface area contributed by atoms with E-state index in [4.69, 9.17) is 10.5 Å². The summed E-state index contributed by atoms with van der Waals surface area (Å²) in [5, 5.41) is 4.08. The Hall–Kier alpha value is -2.11. The molecule has 1 aromatic carbocycles. The number of hydrogen-bond acceptors (Lipinski definition) is 3. The third kappa shape index (κ3) is 1.79. The van der Waals surface area contributed by atoms with Gasteiger partial charge in [0.05, 0.1) is 7.11 Å². The molecule has 0 unspecified atom stereocenters. The van der Waals surface area contributed by atoms with Crippen molar-refractivity contribution in [2.24, 2.45) is 7.05 Å². The van der Waals surface area contributed by atoms with Crippen LogP contribution in [-0.2, 0) is 7.05 Å². The van der Waals surface area contributed by atoms with E-state index < -0.39 is 11.6 Å². The Morgan fingerprint density at radius 3 is 2.44 bits per heavy atom. The first-order valence-electron chi connectivity index (χ1n) is 5.28. The molecule has 0 spiro atoms. The molecule has 2 rings (SSSR count). The molecule has 1 heterocycles. The fourth-order valence-electron chi connectivity index (χ4n) is 1.77. The maximum atomic E-state index is 13.9. The summed E-state index contributed by atoms with van der Waals surface area (Å²) in [5.41, 5.74) is 6.75. The predicted octanol–water partition coefficient (Wildman–Crippen LogP) is 2.26. The van der Waals surface area contributed by atoms with Gasteiger partial charge in [-0.05, 0) is 13.0 Å². The Bertz CT molecular complexity index is 608.